The molecule has 0 bridgehead atoms. The Morgan fingerprint density at radius 1 is 0.839 bits per heavy atom. The van der Waals surface area contributed by atoms with Gasteiger partial charge in [-0.2, -0.15) is 0 Å². The van der Waals surface area contributed by atoms with Crippen LogP contribution in [0.15, 0.2) is 11.1 Å². The number of rotatable bonds is 11. The second-order valence-electron chi connectivity index (χ2n) is 9.34. The van der Waals surface area contributed by atoms with Crippen LogP contribution in [0.4, 0.5) is 0 Å². The van der Waals surface area contributed by atoms with Gasteiger partial charge in [-0.3, -0.25) is 24.1 Å². The van der Waals surface area contributed by atoms with E-state index in [9.17, 15) is 19.2 Å². The molecule has 0 saturated heterocycles. The second-order valence-corrected chi connectivity index (χ2v) is 9.34. The molecule has 1 heterocycles. The number of ether oxygens (including phenoxy) is 1. The zero-order chi connectivity index (χ0) is 24.4. The highest BCUT2D eigenvalue weighted by atomic mass is 16.5. The van der Waals surface area contributed by atoms with Gasteiger partial charge in [-0.25, -0.2) is 0 Å². The van der Waals surface area contributed by atoms with Gasteiger partial charge in [0.15, 0.2) is 0 Å². The highest BCUT2D eigenvalue weighted by molar-refractivity contribution is 6.18. The largest absolute Gasteiger partial charge is 0.481 e. The highest BCUT2D eigenvalue weighted by Gasteiger charge is 2.32. The Morgan fingerprint density at radius 3 is 1.68 bits per heavy atom. The van der Waals surface area contributed by atoms with Gasteiger partial charge in [-0.15, -0.1) is 0 Å². The smallest absolute Gasteiger partial charge is 0.311 e. The third-order valence-electron chi connectivity index (χ3n) is 6.10. The monoisotopic (exact) mass is 439 g/mol. The summed E-state index contributed by atoms with van der Waals surface area (Å²) >= 11 is 0. The van der Waals surface area contributed by atoms with Crippen molar-refractivity contribution < 1.29 is 29.0 Å². The molecule has 178 valence electrons. The number of carboxylic acids is 1. The van der Waals surface area contributed by atoms with E-state index in [2.05, 4.69) is 0 Å². The first-order valence-corrected chi connectivity index (χ1v) is 11.2. The minimum Gasteiger partial charge on any atom is -0.481 e. The van der Waals surface area contributed by atoms with E-state index in [0.29, 0.717) is 30.7 Å². The van der Waals surface area contributed by atoms with E-state index >= 15 is 0 Å². The summed E-state index contributed by atoms with van der Waals surface area (Å²) in [5, 5.41) is 8.44. The Balaban J connectivity index is 0.000000954. The van der Waals surface area contributed by atoms with Crippen LogP contribution in [0.2, 0.25) is 0 Å². The Labute approximate surface area is 187 Å². The molecule has 0 atom stereocenters. The van der Waals surface area contributed by atoms with E-state index in [0.717, 1.165) is 32.1 Å². The van der Waals surface area contributed by atoms with Crippen LogP contribution in [0, 0.1) is 10.8 Å². The van der Waals surface area contributed by atoms with Gasteiger partial charge < -0.3 is 9.84 Å². The van der Waals surface area contributed by atoms with E-state index in [-0.39, 0.29) is 17.8 Å². The van der Waals surface area contributed by atoms with Crippen molar-refractivity contribution in [2.75, 3.05) is 13.2 Å². The Kier molecular flexibility index (Phi) is 11.7. The number of carbonyl (C=O) groups excluding carboxylic acids is 3. The quantitative estimate of drug-likeness (QED) is 0.283. The lowest BCUT2D eigenvalue weighted by molar-refractivity contribution is -0.154. The van der Waals surface area contributed by atoms with Crippen molar-refractivity contribution >= 4 is 23.8 Å². The molecule has 31 heavy (non-hydrogen) atoms. The van der Waals surface area contributed by atoms with E-state index in [1.54, 1.807) is 27.7 Å². The number of unbranched alkanes of at least 4 members (excludes halogenated alkanes) is 3. The average Bonchev–Trinajstić information content (AvgIpc) is 2.90. The summed E-state index contributed by atoms with van der Waals surface area (Å²) < 4.78 is 5.28. The molecule has 7 heteroatoms. The normalized spacial score (nSPS) is 14.5. The number of esters is 1. The Hall–Kier alpha value is -2.18. The van der Waals surface area contributed by atoms with Crippen molar-refractivity contribution in [1.82, 2.24) is 4.90 Å². The van der Waals surface area contributed by atoms with E-state index in [1.807, 2.05) is 27.7 Å². The topological polar surface area (TPSA) is 101 Å². The fourth-order valence-electron chi connectivity index (χ4n) is 2.40. The molecule has 0 aromatic rings. The molecule has 7 nitrogen and oxygen atoms in total. The van der Waals surface area contributed by atoms with Crippen LogP contribution in [0.5, 0.6) is 0 Å². The molecule has 0 radical (unpaired) electrons. The maximum Gasteiger partial charge on any atom is 0.311 e. The first-order valence-electron chi connectivity index (χ1n) is 11.2. The summed E-state index contributed by atoms with van der Waals surface area (Å²) in [4.78, 5) is 47.1. The molecule has 0 spiro atoms. The third kappa shape index (κ3) is 8.83. The maximum absolute atomic E-state index is 11.9. The fourth-order valence-corrected chi connectivity index (χ4v) is 2.40. The van der Waals surface area contributed by atoms with Crippen LogP contribution in [-0.4, -0.2) is 46.9 Å². The van der Waals surface area contributed by atoms with Gasteiger partial charge >= 0.3 is 11.9 Å². The van der Waals surface area contributed by atoms with Gasteiger partial charge in [-0.05, 0) is 73.6 Å². The van der Waals surface area contributed by atoms with E-state index in [4.69, 9.17) is 9.84 Å². The number of carbonyl (C=O) groups is 4. The van der Waals surface area contributed by atoms with Gasteiger partial charge in [0.05, 0.1) is 17.4 Å². The zero-order valence-electron chi connectivity index (χ0n) is 20.6. The van der Waals surface area contributed by atoms with Gasteiger partial charge in [0.2, 0.25) is 0 Å². The number of carboxylic acid groups (broad SMARTS) is 1. The van der Waals surface area contributed by atoms with Crippen LogP contribution in [0.25, 0.3) is 0 Å². The summed E-state index contributed by atoms with van der Waals surface area (Å²) in [6.07, 6.45) is 4.86. The number of hydrogen-bond acceptors (Lipinski definition) is 5. The number of amides is 2. The fraction of sp³-hybridized carbons (Fsp3) is 0.750. The lowest BCUT2D eigenvalue weighted by Crippen LogP contribution is -2.32. The molecule has 0 aliphatic carbocycles. The molecule has 0 saturated carbocycles. The Bertz CT molecular complexity index is 666. The molecular formula is C24H41NO6. The van der Waals surface area contributed by atoms with Crippen LogP contribution in [0.1, 0.15) is 93.9 Å². The first kappa shape index (κ1) is 28.8. The Morgan fingerprint density at radius 2 is 1.29 bits per heavy atom. The average molecular weight is 440 g/mol. The predicted octanol–water partition coefficient (Wildman–Crippen LogP) is 4.74. The third-order valence-corrected chi connectivity index (χ3v) is 6.10. The van der Waals surface area contributed by atoms with Crippen molar-refractivity contribution in [2.45, 2.75) is 93.9 Å². The van der Waals surface area contributed by atoms with Crippen molar-refractivity contribution in [3.63, 3.8) is 0 Å². The standard InChI is InChI=1S/C18H29NO4.C6H12O2/c1-6-18(4,5)17(22)23-12-10-8-7-9-11-19-15(20)13(2)14(3)16(19)21;1-4-6(2,3)5(7)8/h6-12H2,1-5H3;4H2,1-3H3,(H,7,8). The molecule has 2 amide bonds. The molecule has 1 aliphatic rings. The van der Waals surface area contributed by atoms with Crippen LogP contribution >= 0.6 is 0 Å². The highest BCUT2D eigenvalue weighted by Crippen LogP contribution is 2.22. The van der Waals surface area contributed by atoms with Crippen LogP contribution in [-0.2, 0) is 23.9 Å². The maximum atomic E-state index is 11.9. The van der Waals surface area contributed by atoms with Crippen molar-refractivity contribution in [2.24, 2.45) is 10.8 Å². The van der Waals surface area contributed by atoms with E-state index in [1.165, 1.54) is 4.90 Å². The zero-order valence-corrected chi connectivity index (χ0v) is 20.6. The predicted molar refractivity (Wildman–Crippen MR) is 120 cm³/mol. The molecule has 1 rings (SSSR count). The SMILES string of the molecule is CCC(C)(C)C(=O)O.CCC(C)(C)C(=O)OCCCCCCN1C(=O)C(C)=C(C)C1=O. The van der Waals surface area contributed by atoms with Crippen molar-refractivity contribution in [1.29, 1.82) is 0 Å². The van der Waals surface area contributed by atoms with Crippen LogP contribution < -0.4 is 0 Å². The second kappa shape index (κ2) is 12.6. The number of aliphatic carboxylic acids is 1. The van der Waals surface area contributed by atoms with Gasteiger partial charge in [0.1, 0.15) is 0 Å². The summed E-state index contributed by atoms with van der Waals surface area (Å²) in [6.45, 7) is 15.3. The summed E-state index contributed by atoms with van der Waals surface area (Å²) in [5.74, 6) is -1.20. The van der Waals surface area contributed by atoms with E-state index < -0.39 is 16.8 Å². The van der Waals surface area contributed by atoms with Gasteiger partial charge in [0.25, 0.3) is 11.8 Å². The lowest BCUT2D eigenvalue weighted by atomic mass is 9.91. The molecule has 0 fully saturated rings. The molecule has 0 aromatic heterocycles. The summed E-state index contributed by atoms with van der Waals surface area (Å²) in [7, 11) is 0. The van der Waals surface area contributed by atoms with Crippen molar-refractivity contribution in [3.05, 3.63) is 11.1 Å². The lowest BCUT2D eigenvalue weighted by Gasteiger charge is -2.20. The minimum absolute atomic E-state index is 0.148. The molecule has 1 N–H and O–H groups in total. The first-order chi connectivity index (χ1) is 14.2. The van der Waals surface area contributed by atoms with Crippen LogP contribution in [0.3, 0.4) is 0 Å². The molecule has 0 aromatic carbocycles. The number of imide groups is 1. The molecule has 0 unspecified atom stereocenters. The number of nitrogens with zero attached hydrogens (tertiary/aromatic N) is 1. The number of hydrogen-bond donors (Lipinski definition) is 1. The summed E-state index contributed by atoms with van der Waals surface area (Å²) in [5.41, 5.74) is 0.153. The van der Waals surface area contributed by atoms with Gasteiger partial charge in [0, 0.05) is 17.7 Å². The molecular weight excluding hydrogens is 398 g/mol. The summed E-state index contributed by atoms with van der Waals surface area (Å²) in [6, 6.07) is 0. The van der Waals surface area contributed by atoms with Crippen molar-refractivity contribution in [3.8, 4) is 0 Å². The molecule has 1 aliphatic heterocycles. The minimum atomic E-state index is -0.722. The van der Waals surface area contributed by atoms with Gasteiger partial charge in [-0.1, -0.05) is 20.3 Å².